The fourth-order valence-corrected chi connectivity index (χ4v) is 4.26. The van der Waals surface area contributed by atoms with Crippen LogP contribution in [0, 0.1) is 5.92 Å². The summed E-state index contributed by atoms with van der Waals surface area (Å²) in [5, 5.41) is 0. The van der Waals surface area contributed by atoms with E-state index in [-0.39, 0.29) is 35.4 Å². The van der Waals surface area contributed by atoms with Crippen molar-refractivity contribution in [1.82, 2.24) is 9.21 Å². The topological polar surface area (TPSA) is 84.0 Å². The number of sulfonamides is 1. The van der Waals surface area contributed by atoms with Crippen molar-refractivity contribution in [3.63, 3.8) is 0 Å². The molecule has 2 aliphatic rings. The van der Waals surface area contributed by atoms with Crippen LogP contribution in [0.15, 0.2) is 29.2 Å². The molecule has 1 aliphatic carbocycles. The maximum absolute atomic E-state index is 12.7. The number of esters is 1. The second-order valence-electron chi connectivity index (χ2n) is 6.02. The van der Waals surface area contributed by atoms with Crippen LogP contribution in [-0.2, 0) is 19.6 Å². The minimum atomic E-state index is -3.69. The molecule has 0 unspecified atom stereocenters. The zero-order valence-corrected chi connectivity index (χ0v) is 14.3. The summed E-state index contributed by atoms with van der Waals surface area (Å²) in [5.74, 6) is -0.295. The standard InChI is InChI=1S/C16H20N2O5S/c1-23-16(20)13-3-2-4-14(11-13)24(21,22)18-9-7-17(8-10-18)15(19)12-5-6-12/h2-4,11-12H,5-10H2,1H3. The highest BCUT2D eigenvalue weighted by Crippen LogP contribution is 2.31. The Hall–Kier alpha value is -1.93. The fourth-order valence-electron chi connectivity index (χ4n) is 2.79. The zero-order valence-electron chi connectivity index (χ0n) is 13.5. The summed E-state index contributed by atoms with van der Waals surface area (Å²) < 4.78 is 31.5. The lowest BCUT2D eigenvalue weighted by molar-refractivity contribution is -0.133. The SMILES string of the molecule is COC(=O)c1cccc(S(=O)(=O)N2CCN(C(=O)C3CC3)CC2)c1. The molecule has 3 rings (SSSR count). The molecule has 0 spiro atoms. The minimum Gasteiger partial charge on any atom is -0.465 e. The molecule has 130 valence electrons. The lowest BCUT2D eigenvalue weighted by atomic mass is 10.2. The van der Waals surface area contributed by atoms with E-state index in [9.17, 15) is 18.0 Å². The van der Waals surface area contributed by atoms with E-state index < -0.39 is 16.0 Å². The van der Waals surface area contributed by atoms with Gasteiger partial charge >= 0.3 is 5.97 Å². The molecule has 7 nitrogen and oxygen atoms in total. The maximum atomic E-state index is 12.7. The highest BCUT2D eigenvalue weighted by atomic mass is 32.2. The Kier molecular flexibility index (Phi) is 4.60. The van der Waals surface area contributed by atoms with Crippen molar-refractivity contribution in [2.24, 2.45) is 5.92 Å². The van der Waals surface area contributed by atoms with Gasteiger partial charge < -0.3 is 9.64 Å². The summed E-state index contributed by atoms with van der Waals surface area (Å²) in [4.78, 5) is 25.4. The lowest BCUT2D eigenvalue weighted by Gasteiger charge is -2.34. The molecule has 1 aromatic rings. The second-order valence-corrected chi connectivity index (χ2v) is 7.96. The number of methoxy groups -OCH3 is 1. The molecule has 2 fully saturated rings. The van der Waals surface area contributed by atoms with Crippen molar-refractivity contribution >= 4 is 21.9 Å². The summed E-state index contributed by atoms with van der Waals surface area (Å²) >= 11 is 0. The summed E-state index contributed by atoms with van der Waals surface area (Å²) in [6.07, 6.45) is 1.88. The first kappa shape index (κ1) is 16.9. The molecule has 1 aromatic carbocycles. The normalized spacial score (nSPS) is 19.1. The molecule has 1 amide bonds. The smallest absolute Gasteiger partial charge is 0.337 e. The van der Waals surface area contributed by atoms with Gasteiger partial charge in [-0.15, -0.1) is 0 Å². The zero-order chi connectivity index (χ0) is 17.3. The fraction of sp³-hybridized carbons (Fsp3) is 0.500. The number of carbonyl (C=O) groups is 2. The van der Waals surface area contributed by atoms with Crippen molar-refractivity contribution in [3.8, 4) is 0 Å². The van der Waals surface area contributed by atoms with Crippen molar-refractivity contribution < 1.29 is 22.7 Å². The number of carbonyl (C=O) groups excluding carboxylic acids is 2. The molecule has 1 saturated carbocycles. The van der Waals surface area contributed by atoms with E-state index in [2.05, 4.69) is 4.74 Å². The van der Waals surface area contributed by atoms with Crippen LogP contribution >= 0.6 is 0 Å². The first-order valence-corrected chi connectivity index (χ1v) is 9.35. The molecular formula is C16H20N2O5S. The highest BCUT2D eigenvalue weighted by Gasteiger charge is 2.36. The van der Waals surface area contributed by atoms with Crippen LogP contribution in [-0.4, -0.2) is 62.8 Å². The third-order valence-corrected chi connectivity index (χ3v) is 6.26. The lowest BCUT2D eigenvalue weighted by Crippen LogP contribution is -2.50. The third-order valence-electron chi connectivity index (χ3n) is 4.37. The van der Waals surface area contributed by atoms with E-state index in [1.165, 1.54) is 35.7 Å². The number of piperazine rings is 1. The number of amides is 1. The highest BCUT2D eigenvalue weighted by molar-refractivity contribution is 7.89. The van der Waals surface area contributed by atoms with E-state index in [1.807, 2.05) is 0 Å². The van der Waals surface area contributed by atoms with Gasteiger partial charge in [-0.25, -0.2) is 13.2 Å². The van der Waals surface area contributed by atoms with Crippen molar-refractivity contribution in [3.05, 3.63) is 29.8 Å². The van der Waals surface area contributed by atoms with Crippen LogP contribution in [0.25, 0.3) is 0 Å². The van der Waals surface area contributed by atoms with E-state index in [0.29, 0.717) is 13.1 Å². The van der Waals surface area contributed by atoms with Gasteiger partial charge in [0.05, 0.1) is 17.6 Å². The average Bonchev–Trinajstić information content (AvgIpc) is 3.45. The summed E-state index contributed by atoms with van der Waals surface area (Å²) in [6, 6.07) is 5.81. The van der Waals surface area contributed by atoms with Gasteiger partial charge in [0.25, 0.3) is 0 Å². The number of nitrogens with zero attached hydrogens (tertiary/aromatic N) is 2. The Morgan fingerprint density at radius 2 is 1.79 bits per heavy atom. The predicted molar refractivity (Wildman–Crippen MR) is 85.8 cm³/mol. The van der Waals surface area contributed by atoms with E-state index >= 15 is 0 Å². The van der Waals surface area contributed by atoms with Gasteiger partial charge in [0.2, 0.25) is 15.9 Å². The van der Waals surface area contributed by atoms with Crippen molar-refractivity contribution in [2.45, 2.75) is 17.7 Å². The number of hydrogen-bond acceptors (Lipinski definition) is 5. The molecule has 1 aliphatic heterocycles. The molecule has 0 aromatic heterocycles. The van der Waals surface area contributed by atoms with Crippen molar-refractivity contribution in [2.75, 3.05) is 33.3 Å². The van der Waals surface area contributed by atoms with Crippen LogP contribution in [0.2, 0.25) is 0 Å². The Morgan fingerprint density at radius 1 is 1.12 bits per heavy atom. The van der Waals surface area contributed by atoms with Crippen LogP contribution in [0.4, 0.5) is 0 Å². The summed E-state index contributed by atoms with van der Waals surface area (Å²) in [5.41, 5.74) is 0.195. The van der Waals surface area contributed by atoms with Crippen LogP contribution < -0.4 is 0 Å². The maximum Gasteiger partial charge on any atom is 0.337 e. The summed E-state index contributed by atoms with van der Waals surface area (Å²) in [7, 11) is -2.44. The molecule has 0 radical (unpaired) electrons. The van der Waals surface area contributed by atoms with E-state index in [4.69, 9.17) is 0 Å². The van der Waals surface area contributed by atoms with Crippen LogP contribution in [0.5, 0.6) is 0 Å². The number of rotatable bonds is 4. The molecular weight excluding hydrogens is 332 g/mol. The third kappa shape index (κ3) is 3.29. The predicted octanol–water partition coefficient (Wildman–Crippen LogP) is 0.716. The van der Waals surface area contributed by atoms with Crippen LogP contribution in [0.3, 0.4) is 0 Å². The monoisotopic (exact) mass is 352 g/mol. The number of benzene rings is 1. The first-order chi connectivity index (χ1) is 11.4. The van der Waals surface area contributed by atoms with Gasteiger partial charge in [-0.1, -0.05) is 6.07 Å². The van der Waals surface area contributed by atoms with Crippen molar-refractivity contribution in [1.29, 1.82) is 0 Å². The Bertz CT molecular complexity index is 749. The Balaban J connectivity index is 1.72. The van der Waals surface area contributed by atoms with Gasteiger partial charge in [0.1, 0.15) is 0 Å². The second kappa shape index (κ2) is 6.52. The molecule has 1 heterocycles. The summed E-state index contributed by atoms with van der Waals surface area (Å²) in [6.45, 7) is 1.35. The first-order valence-electron chi connectivity index (χ1n) is 7.91. The molecule has 0 bridgehead atoms. The Labute approximate surface area is 141 Å². The van der Waals surface area contributed by atoms with Gasteiger partial charge in [-0.2, -0.15) is 4.31 Å². The molecule has 0 atom stereocenters. The number of hydrogen-bond donors (Lipinski definition) is 0. The van der Waals surface area contributed by atoms with Gasteiger partial charge in [-0.05, 0) is 31.0 Å². The van der Waals surface area contributed by atoms with Gasteiger partial charge in [-0.3, -0.25) is 4.79 Å². The minimum absolute atomic E-state index is 0.0624. The van der Waals surface area contributed by atoms with Gasteiger partial charge in [0.15, 0.2) is 0 Å². The van der Waals surface area contributed by atoms with E-state index in [0.717, 1.165) is 12.8 Å². The molecule has 0 N–H and O–H groups in total. The largest absolute Gasteiger partial charge is 0.465 e. The van der Waals surface area contributed by atoms with E-state index in [1.54, 1.807) is 4.90 Å². The quantitative estimate of drug-likeness (QED) is 0.746. The average molecular weight is 352 g/mol. The molecule has 8 heteroatoms. The molecule has 1 saturated heterocycles. The Morgan fingerprint density at radius 3 is 2.38 bits per heavy atom. The van der Waals surface area contributed by atoms with Crippen LogP contribution in [0.1, 0.15) is 23.2 Å². The van der Waals surface area contributed by atoms with Gasteiger partial charge in [0, 0.05) is 32.1 Å². The molecule has 24 heavy (non-hydrogen) atoms. The number of ether oxygens (including phenoxy) is 1.